The van der Waals surface area contributed by atoms with Crippen molar-refractivity contribution >= 4 is 5.69 Å². The quantitative estimate of drug-likeness (QED) is 0.381. The Kier molecular flexibility index (Phi) is 7.34. The molecule has 4 rings (SSSR count). The molecule has 0 aliphatic rings. The number of anilines is 1. The minimum Gasteiger partial charge on any atom is -0.466 e. The van der Waals surface area contributed by atoms with Crippen LogP contribution in [0.2, 0.25) is 0 Å². The van der Waals surface area contributed by atoms with Gasteiger partial charge in [-0.05, 0) is 42.3 Å². The van der Waals surface area contributed by atoms with Crippen LogP contribution in [-0.2, 0) is 11.3 Å². The van der Waals surface area contributed by atoms with E-state index in [9.17, 15) is 5.11 Å². The van der Waals surface area contributed by atoms with Crippen LogP contribution < -0.4 is 10.1 Å². The molecule has 1 unspecified atom stereocenters. The summed E-state index contributed by atoms with van der Waals surface area (Å²) in [5.74, 6) is 0.719. The fourth-order valence-corrected chi connectivity index (χ4v) is 3.46. The van der Waals surface area contributed by atoms with E-state index in [-0.39, 0.29) is 6.61 Å². The topological polar surface area (TPSA) is 81.4 Å². The zero-order valence-corrected chi connectivity index (χ0v) is 18.8. The Bertz CT molecular complexity index is 1160. The first-order valence-corrected chi connectivity index (χ1v) is 10.8. The fraction of sp³-hybridized carbons (Fsp3) is 0.231. The van der Waals surface area contributed by atoms with Crippen molar-refractivity contribution < 1.29 is 14.6 Å². The third kappa shape index (κ3) is 5.77. The molecule has 0 bridgehead atoms. The molecule has 1 atom stereocenters. The van der Waals surface area contributed by atoms with Gasteiger partial charge in [-0.25, -0.2) is 4.68 Å². The van der Waals surface area contributed by atoms with Crippen LogP contribution in [0.5, 0.6) is 6.01 Å². The van der Waals surface area contributed by atoms with E-state index in [4.69, 9.17) is 9.47 Å². The number of aryl methyl sites for hydroxylation is 1. The molecule has 0 amide bonds. The Labute approximate surface area is 193 Å². The molecule has 2 N–H and O–H groups in total. The Morgan fingerprint density at radius 1 is 0.970 bits per heavy atom. The molecule has 1 heterocycles. The van der Waals surface area contributed by atoms with Crippen LogP contribution >= 0.6 is 0 Å². The lowest BCUT2D eigenvalue weighted by atomic mass is 10.1. The molecule has 0 aliphatic carbocycles. The van der Waals surface area contributed by atoms with Crippen molar-refractivity contribution in [3.05, 3.63) is 90.0 Å². The van der Waals surface area contributed by atoms with Crippen molar-refractivity contribution in [1.82, 2.24) is 14.8 Å². The van der Waals surface area contributed by atoms with Gasteiger partial charge in [-0.3, -0.25) is 0 Å². The van der Waals surface area contributed by atoms with Gasteiger partial charge in [0.25, 0.3) is 0 Å². The van der Waals surface area contributed by atoms with E-state index in [1.807, 2.05) is 85.8 Å². The molecule has 0 spiro atoms. The number of aliphatic hydroxyl groups excluding tert-OH is 1. The number of aliphatic hydroxyl groups is 1. The number of aromatic nitrogens is 3. The van der Waals surface area contributed by atoms with E-state index in [0.717, 1.165) is 33.9 Å². The lowest BCUT2D eigenvalue weighted by Crippen LogP contribution is -2.24. The first-order valence-electron chi connectivity index (χ1n) is 10.8. The zero-order chi connectivity index (χ0) is 23.0. The number of ether oxygens (including phenoxy) is 2. The molecule has 4 aromatic rings. The molecule has 0 saturated heterocycles. The maximum absolute atomic E-state index is 10.2. The standard InChI is InChI=1S/C26H28N4O3/c1-19-8-6-7-11-24(19)25-28-26(32-2)29-30(25)22-14-12-21(13-15-22)27-16-23(31)18-33-17-20-9-4-3-5-10-20/h3-15,23,27,31H,16-18H2,1-2H3. The van der Waals surface area contributed by atoms with Crippen LogP contribution in [0.25, 0.3) is 17.1 Å². The van der Waals surface area contributed by atoms with Crippen molar-refractivity contribution in [3.63, 3.8) is 0 Å². The molecule has 33 heavy (non-hydrogen) atoms. The van der Waals surface area contributed by atoms with Gasteiger partial charge in [-0.2, -0.15) is 4.98 Å². The molecule has 170 valence electrons. The molecule has 7 nitrogen and oxygen atoms in total. The molecule has 3 aromatic carbocycles. The predicted molar refractivity (Wildman–Crippen MR) is 129 cm³/mol. The lowest BCUT2D eigenvalue weighted by molar-refractivity contribution is 0.0348. The van der Waals surface area contributed by atoms with Gasteiger partial charge >= 0.3 is 6.01 Å². The highest BCUT2D eigenvalue weighted by Crippen LogP contribution is 2.26. The highest BCUT2D eigenvalue weighted by molar-refractivity contribution is 5.63. The van der Waals surface area contributed by atoms with Crippen LogP contribution in [0.1, 0.15) is 11.1 Å². The smallest absolute Gasteiger partial charge is 0.336 e. The van der Waals surface area contributed by atoms with Gasteiger partial charge in [0.2, 0.25) is 0 Å². The van der Waals surface area contributed by atoms with Gasteiger partial charge < -0.3 is 19.9 Å². The summed E-state index contributed by atoms with van der Waals surface area (Å²) in [6.07, 6.45) is -0.611. The minimum atomic E-state index is -0.611. The summed E-state index contributed by atoms with van der Waals surface area (Å²) >= 11 is 0. The maximum Gasteiger partial charge on any atom is 0.336 e. The van der Waals surface area contributed by atoms with Crippen molar-refractivity contribution in [2.45, 2.75) is 19.6 Å². The first kappa shape index (κ1) is 22.5. The second-order valence-corrected chi connectivity index (χ2v) is 7.73. The molecule has 7 heteroatoms. The van der Waals surface area contributed by atoms with Crippen LogP contribution in [0.15, 0.2) is 78.9 Å². The highest BCUT2D eigenvalue weighted by atomic mass is 16.5. The summed E-state index contributed by atoms with van der Waals surface area (Å²) < 4.78 is 12.7. The predicted octanol–water partition coefficient (Wildman–Crippen LogP) is 4.24. The number of hydrogen-bond donors (Lipinski definition) is 2. The molecule has 0 fully saturated rings. The summed E-state index contributed by atoms with van der Waals surface area (Å²) in [7, 11) is 1.56. The van der Waals surface area contributed by atoms with E-state index < -0.39 is 6.10 Å². The normalized spacial score (nSPS) is 11.8. The lowest BCUT2D eigenvalue weighted by Gasteiger charge is -2.14. The van der Waals surface area contributed by atoms with Gasteiger partial charge in [-0.15, -0.1) is 5.10 Å². The van der Waals surface area contributed by atoms with E-state index in [2.05, 4.69) is 15.4 Å². The van der Waals surface area contributed by atoms with Crippen molar-refractivity contribution in [2.24, 2.45) is 0 Å². The number of nitrogens with one attached hydrogen (secondary N) is 1. The number of rotatable bonds is 10. The van der Waals surface area contributed by atoms with Crippen LogP contribution in [0, 0.1) is 6.92 Å². The largest absolute Gasteiger partial charge is 0.466 e. The van der Waals surface area contributed by atoms with E-state index in [1.54, 1.807) is 11.8 Å². The van der Waals surface area contributed by atoms with Crippen molar-refractivity contribution in [3.8, 4) is 23.1 Å². The molecule has 0 aliphatic heterocycles. The summed E-state index contributed by atoms with van der Waals surface area (Å²) in [6, 6.07) is 26.1. The van der Waals surface area contributed by atoms with Gasteiger partial charge in [0, 0.05) is 17.8 Å². The van der Waals surface area contributed by atoms with Crippen molar-refractivity contribution in [2.75, 3.05) is 25.6 Å². The minimum absolute atomic E-state index is 0.262. The fourth-order valence-electron chi connectivity index (χ4n) is 3.46. The second kappa shape index (κ2) is 10.8. The van der Waals surface area contributed by atoms with Gasteiger partial charge in [0.05, 0.1) is 32.1 Å². The van der Waals surface area contributed by atoms with Crippen molar-refractivity contribution in [1.29, 1.82) is 0 Å². The summed E-state index contributed by atoms with van der Waals surface area (Å²) in [4.78, 5) is 4.54. The van der Waals surface area contributed by atoms with Gasteiger partial charge in [0.1, 0.15) is 0 Å². The summed E-state index contributed by atoms with van der Waals surface area (Å²) in [6.45, 7) is 3.18. The second-order valence-electron chi connectivity index (χ2n) is 7.73. The molecular weight excluding hydrogens is 416 g/mol. The third-order valence-electron chi connectivity index (χ3n) is 5.23. The Balaban J connectivity index is 1.38. The molecule has 0 saturated carbocycles. The van der Waals surface area contributed by atoms with Crippen LogP contribution in [0.4, 0.5) is 5.69 Å². The molecule has 1 aromatic heterocycles. The van der Waals surface area contributed by atoms with Gasteiger partial charge in [-0.1, -0.05) is 54.6 Å². The van der Waals surface area contributed by atoms with E-state index >= 15 is 0 Å². The average molecular weight is 445 g/mol. The van der Waals surface area contributed by atoms with E-state index in [1.165, 1.54) is 0 Å². The SMILES string of the molecule is COc1nc(-c2ccccc2C)n(-c2ccc(NCC(O)COCc3ccccc3)cc2)n1. The average Bonchev–Trinajstić information content (AvgIpc) is 3.28. The summed E-state index contributed by atoms with van der Waals surface area (Å²) in [5.41, 5.74) is 4.94. The highest BCUT2D eigenvalue weighted by Gasteiger charge is 2.15. The first-order chi connectivity index (χ1) is 16.1. The zero-order valence-electron chi connectivity index (χ0n) is 18.8. The number of nitrogens with zero attached hydrogens (tertiary/aromatic N) is 3. The van der Waals surface area contributed by atoms with Crippen LogP contribution in [-0.4, -0.2) is 46.2 Å². The summed E-state index contributed by atoms with van der Waals surface area (Å²) in [5, 5.41) is 17.9. The maximum atomic E-state index is 10.2. The Morgan fingerprint density at radius 2 is 1.70 bits per heavy atom. The monoisotopic (exact) mass is 444 g/mol. The van der Waals surface area contributed by atoms with E-state index in [0.29, 0.717) is 19.2 Å². The van der Waals surface area contributed by atoms with Gasteiger partial charge in [0.15, 0.2) is 5.82 Å². The molecule has 0 radical (unpaired) electrons. The number of benzene rings is 3. The van der Waals surface area contributed by atoms with Crippen LogP contribution in [0.3, 0.4) is 0 Å². The number of methoxy groups -OCH3 is 1. The Hall–Kier alpha value is -3.68. The number of hydrogen-bond acceptors (Lipinski definition) is 6. The molecular formula is C26H28N4O3. The third-order valence-corrected chi connectivity index (χ3v) is 5.23. The Morgan fingerprint density at radius 3 is 2.42 bits per heavy atom.